The Morgan fingerprint density at radius 2 is 2.08 bits per heavy atom. The Hall–Kier alpha value is -0.590. The second-order valence-corrected chi connectivity index (χ2v) is 5.37. The van der Waals surface area contributed by atoms with Gasteiger partial charge in [0.15, 0.2) is 5.78 Å². The summed E-state index contributed by atoms with van der Waals surface area (Å²) in [5, 5.41) is 0. The van der Waals surface area contributed by atoms with Crippen molar-refractivity contribution < 1.29 is 4.79 Å². The van der Waals surface area contributed by atoms with E-state index in [-0.39, 0.29) is 0 Å². The van der Waals surface area contributed by atoms with Crippen LogP contribution < -0.4 is 0 Å². The van der Waals surface area contributed by atoms with Gasteiger partial charge in [0.1, 0.15) is 0 Å². The van der Waals surface area contributed by atoms with Gasteiger partial charge in [-0.15, -0.1) is 0 Å². The van der Waals surface area contributed by atoms with Crippen molar-refractivity contribution in [1.29, 1.82) is 0 Å². The molecule has 0 aromatic heterocycles. The molecule has 0 amide bonds. The first kappa shape index (κ1) is 8.98. The summed E-state index contributed by atoms with van der Waals surface area (Å²) in [7, 11) is 0. The average molecular weight is 178 g/mol. The minimum absolute atomic E-state index is 0.428. The number of hydrogen-bond donors (Lipinski definition) is 0. The summed E-state index contributed by atoms with van der Waals surface area (Å²) in [4.78, 5) is 11.6. The number of carbonyl (C=O) groups excluding carboxylic acids is 1. The Balaban J connectivity index is 2.31. The summed E-state index contributed by atoms with van der Waals surface area (Å²) < 4.78 is 0. The Morgan fingerprint density at radius 1 is 1.38 bits per heavy atom. The molecule has 0 bridgehead atoms. The molecule has 0 heterocycles. The lowest BCUT2D eigenvalue weighted by Gasteiger charge is -2.31. The van der Waals surface area contributed by atoms with Gasteiger partial charge in [-0.2, -0.15) is 0 Å². The lowest BCUT2D eigenvalue weighted by atomic mass is 9.74. The van der Waals surface area contributed by atoms with Crippen LogP contribution in [0.3, 0.4) is 0 Å². The third kappa shape index (κ3) is 1.45. The van der Waals surface area contributed by atoms with Crippen LogP contribution in [0, 0.1) is 11.3 Å². The zero-order valence-electron chi connectivity index (χ0n) is 8.81. The molecule has 0 aliphatic heterocycles. The highest BCUT2D eigenvalue weighted by molar-refractivity contribution is 5.99. The van der Waals surface area contributed by atoms with Crippen molar-refractivity contribution in [1.82, 2.24) is 0 Å². The quantitative estimate of drug-likeness (QED) is 0.557. The minimum atomic E-state index is 0.428. The van der Waals surface area contributed by atoms with E-state index in [4.69, 9.17) is 0 Å². The van der Waals surface area contributed by atoms with Crippen LogP contribution in [-0.2, 0) is 4.79 Å². The molecule has 0 spiro atoms. The lowest BCUT2D eigenvalue weighted by molar-refractivity contribution is -0.115. The van der Waals surface area contributed by atoms with E-state index < -0.39 is 0 Å². The highest BCUT2D eigenvalue weighted by atomic mass is 16.1. The van der Waals surface area contributed by atoms with Gasteiger partial charge in [0.05, 0.1) is 0 Å². The molecular weight excluding hydrogens is 160 g/mol. The lowest BCUT2D eigenvalue weighted by Crippen LogP contribution is -2.19. The van der Waals surface area contributed by atoms with Crippen molar-refractivity contribution in [3.05, 3.63) is 11.1 Å². The normalized spacial score (nSPS) is 32.2. The van der Waals surface area contributed by atoms with Crippen LogP contribution in [0.25, 0.3) is 0 Å². The average Bonchev–Trinajstić information content (AvgIpc) is 2.26. The Bertz CT molecular complexity index is 283. The summed E-state index contributed by atoms with van der Waals surface area (Å²) in [5.41, 5.74) is 3.09. The van der Waals surface area contributed by atoms with Crippen LogP contribution in [0.4, 0.5) is 0 Å². The molecule has 0 fully saturated rings. The summed E-state index contributed by atoms with van der Waals surface area (Å²) >= 11 is 0. The largest absolute Gasteiger partial charge is 0.295 e. The summed E-state index contributed by atoms with van der Waals surface area (Å²) in [5.74, 6) is 0.958. The van der Waals surface area contributed by atoms with Gasteiger partial charge in [-0.25, -0.2) is 0 Å². The van der Waals surface area contributed by atoms with Crippen LogP contribution in [0.5, 0.6) is 0 Å². The molecule has 72 valence electrons. The van der Waals surface area contributed by atoms with Crippen molar-refractivity contribution in [2.45, 2.75) is 46.5 Å². The summed E-state index contributed by atoms with van der Waals surface area (Å²) in [6.45, 7) is 6.82. The fraction of sp³-hybridized carbons (Fsp3) is 0.750. The van der Waals surface area contributed by atoms with Gasteiger partial charge >= 0.3 is 0 Å². The number of rotatable bonds is 0. The first-order valence-corrected chi connectivity index (χ1v) is 5.25. The van der Waals surface area contributed by atoms with Crippen LogP contribution in [0.15, 0.2) is 11.1 Å². The van der Waals surface area contributed by atoms with Gasteiger partial charge in [-0.05, 0) is 36.2 Å². The van der Waals surface area contributed by atoms with Crippen molar-refractivity contribution in [2.24, 2.45) is 11.3 Å². The Labute approximate surface area is 80.2 Å². The topological polar surface area (TPSA) is 17.1 Å². The first-order valence-electron chi connectivity index (χ1n) is 5.25. The van der Waals surface area contributed by atoms with E-state index in [9.17, 15) is 4.79 Å². The minimum Gasteiger partial charge on any atom is -0.295 e. The molecule has 13 heavy (non-hydrogen) atoms. The van der Waals surface area contributed by atoms with Crippen molar-refractivity contribution in [3.63, 3.8) is 0 Å². The van der Waals surface area contributed by atoms with Crippen LogP contribution in [0.1, 0.15) is 46.5 Å². The van der Waals surface area contributed by atoms with Gasteiger partial charge in [-0.3, -0.25) is 4.79 Å². The van der Waals surface area contributed by atoms with E-state index in [1.807, 2.05) is 0 Å². The number of Topliss-reactive ketones (excluding diaryl/α,β-unsaturated/α-hetero) is 1. The third-order valence-electron chi connectivity index (χ3n) is 3.53. The van der Waals surface area contributed by atoms with Gasteiger partial charge in [0.25, 0.3) is 0 Å². The summed E-state index contributed by atoms with van der Waals surface area (Å²) in [6.07, 6.45) is 4.14. The molecule has 2 aliphatic carbocycles. The first-order chi connectivity index (χ1) is 5.99. The van der Waals surface area contributed by atoms with E-state index in [0.717, 1.165) is 19.3 Å². The van der Waals surface area contributed by atoms with Gasteiger partial charge < -0.3 is 0 Å². The fourth-order valence-corrected chi connectivity index (χ4v) is 2.65. The van der Waals surface area contributed by atoms with E-state index in [0.29, 0.717) is 17.1 Å². The molecule has 0 radical (unpaired) electrons. The highest BCUT2D eigenvalue weighted by Crippen LogP contribution is 2.46. The Morgan fingerprint density at radius 3 is 2.77 bits per heavy atom. The second kappa shape index (κ2) is 2.70. The van der Waals surface area contributed by atoms with Gasteiger partial charge in [0, 0.05) is 6.42 Å². The van der Waals surface area contributed by atoms with Crippen molar-refractivity contribution in [2.75, 3.05) is 0 Å². The number of hydrogen-bond acceptors (Lipinski definition) is 1. The molecule has 2 rings (SSSR count). The van der Waals surface area contributed by atoms with E-state index in [2.05, 4.69) is 20.8 Å². The standard InChI is InChI=1S/C12H18O/c1-8-6-11(13)9-4-5-12(2,3)7-10(8)9/h8H,4-7H2,1-3H3. The van der Waals surface area contributed by atoms with Crippen molar-refractivity contribution in [3.8, 4) is 0 Å². The zero-order valence-corrected chi connectivity index (χ0v) is 8.81. The maximum Gasteiger partial charge on any atom is 0.159 e. The molecule has 2 aliphatic rings. The smallest absolute Gasteiger partial charge is 0.159 e. The second-order valence-electron chi connectivity index (χ2n) is 5.37. The van der Waals surface area contributed by atoms with Gasteiger partial charge in [-0.1, -0.05) is 26.3 Å². The molecule has 1 nitrogen and oxygen atoms in total. The van der Waals surface area contributed by atoms with E-state index in [1.54, 1.807) is 0 Å². The maximum atomic E-state index is 11.6. The molecule has 1 unspecified atom stereocenters. The third-order valence-corrected chi connectivity index (χ3v) is 3.53. The zero-order chi connectivity index (χ0) is 9.64. The molecule has 0 saturated heterocycles. The fourth-order valence-electron chi connectivity index (χ4n) is 2.65. The van der Waals surface area contributed by atoms with Crippen LogP contribution in [-0.4, -0.2) is 5.78 Å². The molecule has 0 aromatic carbocycles. The summed E-state index contributed by atoms with van der Waals surface area (Å²) in [6, 6.07) is 0. The molecular formula is C12H18O. The number of allylic oxidation sites excluding steroid dienone is 2. The maximum absolute atomic E-state index is 11.6. The molecule has 0 N–H and O–H groups in total. The predicted octanol–water partition coefficient (Wildman–Crippen LogP) is 3.10. The number of ketones is 1. The van der Waals surface area contributed by atoms with Crippen molar-refractivity contribution >= 4 is 5.78 Å². The monoisotopic (exact) mass is 178 g/mol. The SMILES string of the molecule is CC1CC(=O)C2=C1CC(C)(C)CC2. The molecule has 1 heteroatoms. The molecule has 0 saturated carbocycles. The molecule has 1 atom stereocenters. The predicted molar refractivity (Wildman–Crippen MR) is 53.4 cm³/mol. The van der Waals surface area contributed by atoms with Crippen LogP contribution >= 0.6 is 0 Å². The number of carbonyl (C=O) groups is 1. The van der Waals surface area contributed by atoms with E-state index >= 15 is 0 Å². The van der Waals surface area contributed by atoms with E-state index in [1.165, 1.54) is 17.6 Å². The Kier molecular flexibility index (Phi) is 1.86. The highest BCUT2D eigenvalue weighted by Gasteiger charge is 2.36. The molecule has 0 aromatic rings. The van der Waals surface area contributed by atoms with Crippen LogP contribution in [0.2, 0.25) is 0 Å². The van der Waals surface area contributed by atoms with Gasteiger partial charge in [0.2, 0.25) is 0 Å².